The molecule has 1 atom stereocenters. The Balaban J connectivity index is 0.00000240. The normalized spacial score (nSPS) is 15.9. The van der Waals surface area contributed by atoms with Gasteiger partial charge in [-0.2, -0.15) is 0 Å². The third-order valence-corrected chi connectivity index (χ3v) is 5.82. The van der Waals surface area contributed by atoms with Crippen LogP contribution in [0.25, 0.3) is 22.0 Å². The van der Waals surface area contributed by atoms with Crippen LogP contribution < -0.4 is 4.90 Å². The Hall–Kier alpha value is -2.14. The number of aliphatic hydroxyl groups excluding tert-OH is 1. The molecule has 5 heteroatoms. The number of nitrogens with zero attached hydrogens (tertiary/aromatic N) is 3. The minimum atomic E-state index is -0.399. The van der Waals surface area contributed by atoms with Crippen LogP contribution >= 0.6 is 12.4 Å². The maximum atomic E-state index is 10.1. The van der Waals surface area contributed by atoms with Crippen molar-refractivity contribution in [2.75, 3.05) is 37.6 Å². The lowest BCUT2D eigenvalue weighted by Gasteiger charge is -2.35. The third-order valence-electron chi connectivity index (χ3n) is 5.82. The molecule has 1 unspecified atom stereocenters. The van der Waals surface area contributed by atoms with Gasteiger partial charge in [0.15, 0.2) is 0 Å². The highest BCUT2D eigenvalue weighted by Gasteiger charge is 2.19. The van der Waals surface area contributed by atoms with Gasteiger partial charge in [-0.05, 0) is 30.0 Å². The van der Waals surface area contributed by atoms with Crippen LogP contribution in [0.2, 0.25) is 0 Å². The van der Waals surface area contributed by atoms with Crippen molar-refractivity contribution >= 4 is 29.0 Å². The summed E-state index contributed by atoms with van der Waals surface area (Å²) in [5.41, 5.74) is 3.04. The van der Waals surface area contributed by atoms with Gasteiger partial charge in [-0.3, -0.25) is 0 Å². The molecule has 4 rings (SSSR count). The number of benzene rings is 2. The van der Waals surface area contributed by atoms with Crippen LogP contribution in [0.1, 0.15) is 31.9 Å². The average Bonchev–Trinajstić information content (AvgIpc) is 2.78. The Morgan fingerprint density at radius 2 is 1.66 bits per heavy atom. The lowest BCUT2D eigenvalue weighted by molar-refractivity contribution is 0.173. The van der Waals surface area contributed by atoms with Gasteiger partial charge in [-0.25, -0.2) is 4.98 Å². The van der Waals surface area contributed by atoms with E-state index in [1.54, 1.807) is 0 Å². The molecule has 4 nitrogen and oxygen atoms in total. The Morgan fingerprint density at radius 3 is 2.31 bits per heavy atom. The SMILES string of the molecule is CCC(O)c1ccc(-c2cc3ccccc3c(N3CCN(CC)CC3)n2)cc1.Cl. The lowest BCUT2D eigenvalue weighted by Crippen LogP contribution is -2.46. The average molecular weight is 412 g/mol. The summed E-state index contributed by atoms with van der Waals surface area (Å²) in [5, 5.41) is 12.5. The van der Waals surface area contributed by atoms with E-state index in [-0.39, 0.29) is 12.4 Å². The van der Waals surface area contributed by atoms with E-state index in [1.807, 2.05) is 19.1 Å². The van der Waals surface area contributed by atoms with Crippen molar-refractivity contribution in [2.24, 2.45) is 0 Å². The molecule has 1 fully saturated rings. The maximum absolute atomic E-state index is 10.1. The van der Waals surface area contributed by atoms with Crippen molar-refractivity contribution in [3.8, 4) is 11.3 Å². The Morgan fingerprint density at radius 1 is 0.966 bits per heavy atom. The summed E-state index contributed by atoms with van der Waals surface area (Å²) in [6, 6.07) is 18.9. The largest absolute Gasteiger partial charge is 0.388 e. The van der Waals surface area contributed by atoms with Crippen LogP contribution in [0.15, 0.2) is 54.6 Å². The number of fused-ring (bicyclic) bond motifs is 1. The van der Waals surface area contributed by atoms with E-state index < -0.39 is 6.10 Å². The molecule has 154 valence electrons. The van der Waals surface area contributed by atoms with Crippen molar-refractivity contribution in [3.63, 3.8) is 0 Å². The van der Waals surface area contributed by atoms with Crippen LogP contribution in [0.5, 0.6) is 0 Å². The molecule has 0 spiro atoms. The number of aromatic nitrogens is 1. The molecular formula is C24H30ClN3O. The summed E-state index contributed by atoms with van der Waals surface area (Å²) in [4.78, 5) is 10.00. The quantitative estimate of drug-likeness (QED) is 0.647. The van der Waals surface area contributed by atoms with Crippen LogP contribution in [-0.4, -0.2) is 47.7 Å². The molecule has 0 bridgehead atoms. The van der Waals surface area contributed by atoms with Crippen molar-refractivity contribution in [1.82, 2.24) is 9.88 Å². The first-order valence-corrected chi connectivity index (χ1v) is 10.3. The summed E-state index contributed by atoms with van der Waals surface area (Å²) in [7, 11) is 0. The predicted octanol–water partition coefficient (Wildman–Crippen LogP) is 4.91. The first-order chi connectivity index (χ1) is 13.7. The smallest absolute Gasteiger partial charge is 0.137 e. The second-order valence-corrected chi connectivity index (χ2v) is 7.52. The number of aliphatic hydroxyl groups is 1. The summed E-state index contributed by atoms with van der Waals surface area (Å²) >= 11 is 0. The zero-order chi connectivity index (χ0) is 19.5. The molecule has 0 aliphatic carbocycles. The molecule has 1 aromatic heterocycles. The fourth-order valence-electron chi connectivity index (χ4n) is 3.96. The molecule has 29 heavy (non-hydrogen) atoms. The van der Waals surface area contributed by atoms with E-state index >= 15 is 0 Å². The van der Waals surface area contributed by atoms with Gasteiger partial charge in [0.2, 0.25) is 0 Å². The second-order valence-electron chi connectivity index (χ2n) is 7.52. The van der Waals surface area contributed by atoms with Gasteiger partial charge >= 0.3 is 0 Å². The molecule has 0 radical (unpaired) electrons. The minimum Gasteiger partial charge on any atom is -0.388 e. The molecule has 0 saturated carbocycles. The zero-order valence-corrected chi connectivity index (χ0v) is 18.0. The topological polar surface area (TPSA) is 39.6 Å². The van der Waals surface area contributed by atoms with Crippen molar-refractivity contribution in [3.05, 3.63) is 60.2 Å². The molecule has 1 aliphatic heterocycles. The summed E-state index contributed by atoms with van der Waals surface area (Å²) in [6.45, 7) is 9.52. The maximum Gasteiger partial charge on any atom is 0.137 e. The zero-order valence-electron chi connectivity index (χ0n) is 17.2. The Labute approximate surface area is 179 Å². The van der Waals surface area contributed by atoms with Crippen LogP contribution in [-0.2, 0) is 0 Å². The van der Waals surface area contributed by atoms with E-state index in [2.05, 4.69) is 59.2 Å². The van der Waals surface area contributed by atoms with Gasteiger partial charge < -0.3 is 14.9 Å². The highest BCUT2D eigenvalue weighted by molar-refractivity contribution is 5.95. The van der Waals surface area contributed by atoms with Crippen molar-refractivity contribution < 1.29 is 5.11 Å². The number of anilines is 1. The van der Waals surface area contributed by atoms with E-state index in [4.69, 9.17) is 4.98 Å². The van der Waals surface area contributed by atoms with Crippen LogP contribution in [0, 0.1) is 0 Å². The standard InChI is InChI=1S/C24H29N3O.ClH/c1-3-23(28)19-11-9-18(10-12-19)22-17-20-7-5-6-8-21(20)24(25-22)27-15-13-26(4-2)14-16-27;/h5-12,17,23,28H,3-4,13-16H2,1-2H3;1H. The van der Waals surface area contributed by atoms with Crippen LogP contribution in [0.3, 0.4) is 0 Å². The fraction of sp³-hybridized carbons (Fsp3) is 0.375. The van der Waals surface area contributed by atoms with E-state index in [1.165, 1.54) is 10.8 Å². The number of hydrogen-bond donors (Lipinski definition) is 1. The van der Waals surface area contributed by atoms with Gasteiger partial charge in [-0.15, -0.1) is 12.4 Å². The molecule has 2 heterocycles. The number of likely N-dealkylation sites (N-methyl/N-ethyl adjacent to an activating group) is 1. The van der Waals surface area contributed by atoms with E-state index in [9.17, 15) is 5.11 Å². The highest BCUT2D eigenvalue weighted by Crippen LogP contribution is 2.31. The molecule has 1 aliphatic rings. The molecule has 0 amide bonds. The summed E-state index contributed by atoms with van der Waals surface area (Å²) in [5.74, 6) is 1.08. The number of hydrogen-bond acceptors (Lipinski definition) is 4. The highest BCUT2D eigenvalue weighted by atomic mass is 35.5. The fourth-order valence-corrected chi connectivity index (χ4v) is 3.96. The number of rotatable bonds is 5. The minimum absolute atomic E-state index is 0. The van der Waals surface area contributed by atoms with Gasteiger partial charge in [0, 0.05) is 37.1 Å². The monoisotopic (exact) mass is 411 g/mol. The van der Waals surface area contributed by atoms with Crippen LogP contribution in [0.4, 0.5) is 5.82 Å². The molecular weight excluding hydrogens is 382 g/mol. The summed E-state index contributed by atoms with van der Waals surface area (Å²) in [6.07, 6.45) is 0.325. The first kappa shape index (κ1) is 21.6. The molecule has 2 aromatic carbocycles. The van der Waals surface area contributed by atoms with Gasteiger partial charge in [0.1, 0.15) is 5.82 Å². The third kappa shape index (κ3) is 4.55. The number of piperazine rings is 1. The van der Waals surface area contributed by atoms with E-state index in [0.717, 1.165) is 61.8 Å². The number of pyridine rings is 1. The Kier molecular flexibility index (Phi) is 7.12. The molecule has 1 saturated heterocycles. The van der Waals surface area contributed by atoms with Crippen molar-refractivity contribution in [2.45, 2.75) is 26.4 Å². The second kappa shape index (κ2) is 9.57. The molecule has 1 N–H and O–H groups in total. The summed E-state index contributed by atoms with van der Waals surface area (Å²) < 4.78 is 0. The molecule has 3 aromatic rings. The first-order valence-electron chi connectivity index (χ1n) is 10.3. The predicted molar refractivity (Wildman–Crippen MR) is 124 cm³/mol. The van der Waals surface area contributed by atoms with Gasteiger partial charge in [-0.1, -0.05) is 62.4 Å². The lowest BCUT2D eigenvalue weighted by atomic mass is 10.0. The van der Waals surface area contributed by atoms with Crippen molar-refractivity contribution in [1.29, 1.82) is 0 Å². The van der Waals surface area contributed by atoms with Gasteiger partial charge in [0.25, 0.3) is 0 Å². The number of halogens is 1. The van der Waals surface area contributed by atoms with E-state index in [0.29, 0.717) is 0 Å². The van der Waals surface area contributed by atoms with Gasteiger partial charge in [0.05, 0.1) is 11.8 Å². The Bertz CT molecular complexity index is 937.